The van der Waals surface area contributed by atoms with Crippen LogP contribution in [-0.2, 0) is 9.59 Å². The molecule has 0 radical (unpaired) electrons. The Bertz CT molecular complexity index is 1480. The van der Waals surface area contributed by atoms with E-state index in [1.165, 1.54) is 18.2 Å². The first kappa shape index (κ1) is 21.9. The van der Waals surface area contributed by atoms with Crippen LogP contribution in [0.1, 0.15) is 21.5 Å². The minimum Gasteiger partial charge on any atom is -0.352 e. The molecule has 0 unspecified atom stereocenters. The second-order valence-corrected chi connectivity index (χ2v) is 9.28. The number of carbonyl (C=O) groups is 3. The first-order valence-corrected chi connectivity index (χ1v) is 11.7. The number of ketones is 1. The highest BCUT2D eigenvalue weighted by Crippen LogP contribution is 2.50. The Kier molecular flexibility index (Phi) is 4.86. The molecule has 2 amide bonds. The van der Waals surface area contributed by atoms with Crippen LogP contribution in [0.5, 0.6) is 0 Å². The van der Waals surface area contributed by atoms with E-state index in [4.69, 9.17) is 0 Å². The van der Waals surface area contributed by atoms with Crippen molar-refractivity contribution in [3.8, 4) is 0 Å². The molecule has 2 fully saturated rings. The zero-order valence-electron chi connectivity index (χ0n) is 19.3. The van der Waals surface area contributed by atoms with E-state index in [2.05, 4.69) is 0 Å². The van der Waals surface area contributed by atoms with Crippen LogP contribution in [0.4, 0.5) is 17.1 Å². The van der Waals surface area contributed by atoms with Gasteiger partial charge in [-0.25, -0.2) is 4.90 Å². The normalized spacial score (nSPS) is 23.9. The van der Waals surface area contributed by atoms with Gasteiger partial charge in [0.1, 0.15) is 6.04 Å². The summed E-state index contributed by atoms with van der Waals surface area (Å²) < 4.78 is 0. The molecule has 3 aliphatic heterocycles. The number of nitrogens with zero attached hydrogens (tertiary/aromatic N) is 3. The van der Waals surface area contributed by atoms with Crippen molar-refractivity contribution in [1.82, 2.24) is 0 Å². The third-order valence-corrected chi connectivity index (χ3v) is 7.37. The zero-order valence-corrected chi connectivity index (χ0v) is 19.3. The average molecular weight is 479 g/mol. The predicted molar refractivity (Wildman–Crippen MR) is 134 cm³/mol. The summed E-state index contributed by atoms with van der Waals surface area (Å²) in [5.74, 6) is -2.72. The Morgan fingerprint density at radius 1 is 0.889 bits per heavy atom. The lowest BCUT2D eigenvalue weighted by Crippen LogP contribution is -2.49. The zero-order chi connectivity index (χ0) is 25.1. The van der Waals surface area contributed by atoms with Gasteiger partial charge in [0.05, 0.1) is 28.5 Å². The predicted octanol–water partition coefficient (Wildman–Crippen LogP) is 4.18. The molecular weight excluding hydrogens is 458 g/mol. The summed E-state index contributed by atoms with van der Waals surface area (Å²) >= 11 is 0. The summed E-state index contributed by atoms with van der Waals surface area (Å²) in [6.07, 6.45) is 3.83. The van der Waals surface area contributed by atoms with E-state index in [1.807, 2.05) is 47.4 Å². The first-order valence-electron chi connectivity index (χ1n) is 11.7. The summed E-state index contributed by atoms with van der Waals surface area (Å²) in [4.78, 5) is 55.4. The smallest absolute Gasteiger partial charge is 0.269 e. The Balaban J connectivity index is 1.48. The molecule has 4 atom stereocenters. The van der Waals surface area contributed by atoms with E-state index in [1.54, 1.807) is 31.2 Å². The van der Waals surface area contributed by atoms with Crippen molar-refractivity contribution < 1.29 is 19.3 Å². The number of carbonyl (C=O) groups excluding carboxylic acids is 3. The monoisotopic (exact) mass is 479 g/mol. The topological polar surface area (TPSA) is 101 Å². The Labute approximate surface area is 206 Å². The van der Waals surface area contributed by atoms with Crippen LogP contribution in [0.3, 0.4) is 0 Å². The number of para-hydroxylation sites is 1. The van der Waals surface area contributed by atoms with E-state index in [0.29, 0.717) is 16.8 Å². The van der Waals surface area contributed by atoms with Gasteiger partial charge in [-0.1, -0.05) is 60.7 Å². The number of nitro benzene ring substituents is 1. The standard InChI is InChI=1S/C28H21N3O5/c1-16-15-19(31(35)36)12-14-20(16)30-27(33)23-22-13-11-17-7-5-6-10-21(17)29(22)25(24(23)28(30)34)26(32)18-8-3-2-4-9-18/h2-15,22-25H,1H3/t22-,23+,24+,25-/m0/s1. The number of nitro groups is 1. The van der Waals surface area contributed by atoms with Crippen molar-refractivity contribution in [2.45, 2.75) is 19.0 Å². The van der Waals surface area contributed by atoms with Gasteiger partial charge < -0.3 is 4.90 Å². The molecule has 8 nitrogen and oxygen atoms in total. The summed E-state index contributed by atoms with van der Waals surface area (Å²) in [7, 11) is 0. The molecule has 3 heterocycles. The Hall–Kier alpha value is -4.59. The van der Waals surface area contributed by atoms with Gasteiger partial charge in [-0.3, -0.25) is 24.5 Å². The van der Waals surface area contributed by atoms with Crippen molar-refractivity contribution in [2.75, 3.05) is 9.80 Å². The molecule has 0 spiro atoms. The third-order valence-electron chi connectivity index (χ3n) is 7.37. The van der Waals surface area contributed by atoms with Crippen LogP contribution in [0.25, 0.3) is 6.08 Å². The number of benzene rings is 3. The molecule has 0 saturated carbocycles. The van der Waals surface area contributed by atoms with E-state index >= 15 is 0 Å². The maximum atomic E-state index is 13.9. The van der Waals surface area contributed by atoms with Gasteiger partial charge >= 0.3 is 0 Å². The van der Waals surface area contributed by atoms with Crippen molar-refractivity contribution in [3.63, 3.8) is 0 Å². The maximum absolute atomic E-state index is 13.9. The van der Waals surface area contributed by atoms with E-state index < -0.39 is 40.7 Å². The third kappa shape index (κ3) is 3.04. The van der Waals surface area contributed by atoms with Crippen LogP contribution >= 0.6 is 0 Å². The first-order chi connectivity index (χ1) is 17.4. The molecule has 3 aromatic rings. The van der Waals surface area contributed by atoms with Crippen LogP contribution in [0.15, 0.2) is 78.9 Å². The fourth-order valence-electron chi connectivity index (χ4n) is 5.83. The van der Waals surface area contributed by atoms with Crippen LogP contribution in [0.2, 0.25) is 0 Å². The van der Waals surface area contributed by atoms with Gasteiger partial charge in [-0.2, -0.15) is 0 Å². The number of imide groups is 1. The molecule has 0 aromatic heterocycles. The highest BCUT2D eigenvalue weighted by Gasteiger charge is 2.64. The lowest BCUT2D eigenvalue weighted by atomic mass is 9.86. The number of rotatable bonds is 4. The number of hydrogen-bond acceptors (Lipinski definition) is 6. The minimum absolute atomic E-state index is 0.120. The fourth-order valence-corrected chi connectivity index (χ4v) is 5.83. The average Bonchev–Trinajstić information content (AvgIpc) is 3.37. The van der Waals surface area contributed by atoms with Crippen LogP contribution < -0.4 is 9.80 Å². The van der Waals surface area contributed by atoms with Gasteiger partial charge in [0.25, 0.3) is 5.69 Å². The lowest BCUT2D eigenvalue weighted by Gasteiger charge is -2.36. The molecule has 178 valence electrons. The summed E-state index contributed by atoms with van der Waals surface area (Å²) in [5.41, 5.74) is 2.83. The Morgan fingerprint density at radius 2 is 1.58 bits per heavy atom. The van der Waals surface area contributed by atoms with Crippen molar-refractivity contribution in [1.29, 1.82) is 0 Å². The molecule has 8 heteroatoms. The van der Waals surface area contributed by atoms with Crippen molar-refractivity contribution in [2.24, 2.45) is 11.8 Å². The summed E-state index contributed by atoms with van der Waals surface area (Å²) in [5, 5.41) is 11.2. The van der Waals surface area contributed by atoms with Gasteiger partial charge in [-0.05, 0) is 30.2 Å². The second kappa shape index (κ2) is 7.98. The number of anilines is 2. The number of aryl methyl sites for hydroxylation is 1. The molecule has 36 heavy (non-hydrogen) atoms. The second-order valence-electron chi connectivity index (χ2n) is 9.28. The van der Waals surface area contributed by atoms with Crippen LogP contribution in [-0.4, -0.2) is 34.6 Å². The number of hydrogen-bond donors (Lipinski definition) is 0. The molecule has 2 saturated heterocycles. The molecule has 6 rings (SSSR count). The maximum Gasteiger partial charge on any atom is 0.269 e. The highest BCUT2D eigenvalue weighted by molar-refractivity contribution is 6.26. The van der Waals surface area contributed by atoms with E-state index in [9.17, 15) is 24.5 Å². The number of fused-ring (bicyclic) bond motifs is 5. The SMILES string of the molecule is Cc1cc([N+](=O)[O-])ccc1N1C(=O)[C@@H]2[C@H](C1=O)[C@@H]1C=Cc3ccccc3N1[C@@H]2C(=O)c1ccccc1. The van der Waals surface area contributed by atoms with Crippen molar-refractivity contribution in [3.05, 3.63) is 106 Å². The minimum atomic E-state index is -0.888. The van der Waals surface area contributed by atoms with E-state index in [0.717, 1.165) is 16.2 Å². The Morgan fingerprint density at radius 3 is 2.31 bits per heavy atom. The van der Waals surface area contributed by atoms with Gasteiger partial charge in [0.15, 0.2) is 5.78 Å². The molecule has 3 aromatic carbocycles. The molecule has 0 aliphatic carbocycles. The summed E-state index contributed by atoms with van der Waals surface area (Å²) in [6, 6.07) is 19.2. The quantitative estimate of drug-likeness (QED) is 0.241. The van der Waals surface area contributed by atoms with Gasteiger partial charge in [-0.15, -0.1) is 0 Å². The number of non-ortho nitro benzene ring substituents is 1. The largest absolute Gasteiger partial charge is 0.352 e. The summed E-state index contributed by atoms with van der Waals surface area (Å²) in [6.45, 7) is 1.63. The highest BCUT2D eigenvalue weighted by atomic mass is 16.6. The van der Waals surface area contributed by atoms with Crippen LogP contribution in [0, 0.1) is 28.9 Å². The fraction of sp³-hybridized carbons (Fsp3) is 0.179. The number of Topliss-reactive ketones (excluding diaryl/α,β-unsaturated/α-hetero) is 1. The van der Waals surface area contributed by atoms with Crippen molar-refractivity contribution >= 4 is 40.7 Å². The van der Waals surface area contributed by atoms with Gasteiger partial charge in [0, 0.05) is 23.4 Å². The molecule has 0 N–H and O–H groups in total. The molecular formula is C28H21N3O5. The number of amides is 2. The van der Waals surface area contributed by atoms with Gasteiger partial charge in [0.2, 0.25) is 11.8 Å². The molecule has 3 aliphatic rings. The van der Waals surface area contributed by atoms with E-state index in [-0.39, 0.29) is 11.5 Å². The molecule has 0 bridgehead atoms. The lowest BCUT2D eigenvalue weighted by molar-refractivity contribution is -0.384.